The molecule has 0 amide bonds. The lowest BCUT2D eigenvalue weighted by Gasteiger charge is -2.61. The highest BCUT2D eigenvalue weighted by Crippen LogP contribution is 2.67. The molecule has 0 aliphatic heterocycles. The van der Waals surface area contributed by atoms with Crippen molar-refractivity contribution in [2.24, 2.45) is 33.5 Å². The maximum atomic E-state index is 15.2. The Hall–Kier alpha value is -3.41. The number of carbonyl (C=O) groups excluding carboxylic acids is 3. The lowest BCUT2D eigenvalue weighted by Crippen LogP contribution is -2.70. The minimum absolute atomic E-state index is 0.0167. The highest BCUT2D eigenvalue weighted by molar-refractivity contribution is 6.41. The average molecular weight is 603 g/mol. The molecule has 2 bridgehead atoms. The van der Waals surface area contributed by atoms with Gasteiger partial charge in [-0.1, -0.05) is 50.5 Å². The van der Waals surface area contributed by atoms with Gasteiger partial charge in [-0.3, -0.25) is 14.4 Å². The normalized spacial score (nSPS) is 30.5. The number of aromatic hydroxyl groups is 2. The minimum atomic E-state index is -1.56. The fourth-order valence-electron chi connectivity index (χ4n) is 8.36. The van der Waals surface area contributed by atoms with Crippen LogP contribution in [0.5, 0.6) is 11.5 Å². The SMILES string of the molecule is C=C(C)CC[C@@H]1C[C@]2(CC3CCC(C)(C)C=C3C)C(=O)C(=C(O)c3ccc(O)c(O)c3)C(=O)[C@@](CCC(=C)C)(C2=O)C1(C)C. The summed E-state index contributed by atoms with van der Waals surface area (Å²) in [4.78, 5) is 45.0. The zero-order chi connectivity index (χ0) is 33.0. The second-order valence-electron chi connectivity index (χ2n) is 15.3. The standard InChI is InChI=1S/C38H50O6/c1-22(2)10-12-27-21-37(20-26-15-16-35(6,7)19-24(26)5)32(42)30(31(41)25-11-13-28(39)29(40)18-25)33(43)38(34(37)44,36(27,8)9)17-14-23(3)4/h11,13,18-19,26-27,39-41H,1,3,10,12,14-17,20-21H2,2,4-9H3/t26?,27-,37-,38+/m1/s1. The zero-order valence-corrected chi connectivity index (χ0v) is 27.6. The number of allylic oxidation sites excluding steroid dienone is 5. The quantitative estimate of drug-likeness (QED) is 0.0652. The van der Waals surface area contributed by atoms with E-state index in [-0.39, 0.29) is 53.4 Å². The van der Waals surface area contributed by atoms with Crippen molar-refractivity contribution in [2.75, 3.05) is 0 Å². The van der Waals surface area contributed by atoms with Crippen molar-refractivity contribution in [3.63, 3.8) is 0 Å². The maximum absolute atomic E-state index is 15.2. The third-order valence-corrected chi connectivity index (χ3v) is 11.1. The second kappa shape index (κ2) is 11.5. The molecular formula is C38H50O6. The topological polar surface area (TPSA) is 112 Å². The molecule has 0 heterocycles. The van der Waals surface area contributed by atoms with E-state index >= 15 is 4.79 Å². The largest absolute Gasteiger partial charge is 0.506 e. The van der Waals surface area contributed by atoms with Crippen molar-refractivity contribution in [1.29, 1.82) is 0 Å². The van der Waals surface area contributed by atoms with Crippen LogP contribution in [0, 0.1) is 33.5 Å². The van der Waals surface area contributed by atoms with E-state index in [0.717, 1.165) is 35.6 Å². The molecule has 0 radical (unpaired) electrons. The fourth-order valence-corrected chi connectivity index (χ4v) is 8.36. The molecule has 2 fully saturated rings. The van der Waals surface area contributed by atoms with Crippen molar-refractivity contribution in [1.82, 2.24) is 0 Å². The van der Waals surface area contributed by atoms with Crippen LogP contribution in [0.4, 0.5) is 0 Å². The summed E-state index contributed by atoms with van der Waals surface area (Å²) < 4.78 is 0. The lowest BCUT2D eigenvalue weighted by atomic mass is 9.38. The maximum Gasteiger partial charge on any atom is 0.184 e. The van der Waals surface area contributed by atoms with Gasteiger partial charge in [0.2, 0.25) is 0 Å². The molecule has 0 aromatic heterocycles. The number of aliphatic hydroxyl groups is 1. The van der Waals surface area contributed by atoms with Gasteiger partial charge >= 0.3 is 0 Å². The molecule has 0 spiro atoms. The van der Waals surface area contributed by atoms with E-state index in [1.165, 1.54) is 12.1 Å². The number of fused-ring (bicyclic) bond motifs is 2. The Morgan fingerprint density at radius 1 is 0.955 bits per heavy atom. The number of aliphatic hydroxyl groups excluding tert-OH is 1. The third-order valence-electron chi connectivity index (χ3n) is 11.1. The van der Waals surface area contributed by atoms with Crippen molar-refractivity contribution >= 4 is 23.1 Å². The van der Waals surface area contributed by atoms with Crippen molar-refractivity contribution in [3.05, 3.63) is 65.3 Å². The summed E-state index contributed by atoms with van der Waals surface area (Å²) in [6.07, 6.45) is 6.57. The Bertz CT molecular complexity index is 1490. The van der Waals surface area contributed by atoms with Crippen LogP contribution in [0.2, 0.25) is 0 Å². The average Bonchev–Trinajstić information content (AvgIpc) is 2.91. The molecule has 44 heavy (non-hydrogen) atoms. The monoisotopic (exact) mass is 602 g/mol. The van der Waals surface area contributed by atoms with Gasteiger partial charge in [-0.2, -0.15) is 0 Å². The molecule has 3 aliphatic carbocycles. The Morgan fingerprint density at radius 2 is 1.59 bits per heavy atom. The van der Waals surface area contributed by atoms with Crippen LogP contribution in [-0.4, -0.2) is 32.7 Å². The number of phenols is 2. The number of benzene rings is 1. The van der Waals surface area contributed by atoms with E-state index in [4.69, 9.17) is 0 Å². The Labute approximate surface area is 262 Å². The molecule has 2 saturated carbocycles. The van der Waals surface area contributed by atoms with Gasteiger partial charge < -0.3 is 15.3 Å². The molecule has 1 unspecified atom stereocenters. The molecule has 4 rings (SSSR count). The van der Waals surface area contributed by atoms with Gasteiger partial charge in [0.15, 0.2) is 28.8 Å². The molecule has 3 aliphatic rings. The lowest BCUT2D eigenvalue weighted by molar-refractivity contribution is -0.179. The van der Waals surface area contributed by atoms with Crippen molar-refractivity contribution < 1.29 is 29.7 Å². The number of Topliss-reactive ketones (excluding diaryl/α,β-unsaturated/α-hetero) is 3. The molecule has 1 aromatic carbocycles. The predicted octanol–water partition coefficient (Wildman–Crippen LogP) is 8.59. The van der Waals surface area contributed by atoms with Crippen LogP contribution in [0.15, 0.2) is 59.7 Å². The van der Waals surface area contributed by atoms with Crippen LogP contribution in [-0.2, 0) is 14.4 Å². The highest BCUT2D eigenvalue weighted by Gasteiger charge is 2.74. The number of hydrogen-bond donors (Lipinski definition) is 3. The van der Waals surface area contributed by atoms with Gasteiger partial charge in [0.05, 0.1) is 10.8 Å². The van der Waals surface area contributed by atoms with E-state index in [9.17, 15) is 24.9 Å². The second-order valence-corrected chi connectivity index (χ2v) is 15.3. The Morgan fingerprint density at radius 3 is 2.16 bits per heavy atom. The number of phenolic OH excluding ortho intramolecular Hbond substituents is 2. The minimum Gasteiger partial charge on any atom is -0.506 e. The van der Waals surface area contributed by atoms with Gasteiger partial charge in [-0.25, -0.2) is 0 Å². The zero-order valence-electron chi connectivity index (χ0n) is 27.6. The van der Waals surface area contributed by atoms with Crippen LogP contribution in [0.1, 0.15) is 105 Å². The van der Waals surface area contributed by atoms with Crippen LogP contribution < -0.4 is 0 Å². The molecule has 3 N–H and O–H groups in total. The molecule has 1 aromatic rings. The predicted molar refractivity (Wildman–Crippen MR) is 174 cm³/mol. The molecular weight excluding hydrogens is 552 g/mol. The number of ketones is 3. The summed E-state index contributed by atoms with van der Waals surface area (Å²) in [5.41, 5.74) is -1.25. The highest BCUT2D eigenvalue weighted by atomic mass is 16.3. The van der Waals surface area contributed by atoms with Gasteiger partial charge in [-0.15, -0.1) is 13.2 Å². The van der Waals surface area contributed by atoms with Gasteiger partial charge in [0, 0.05) is 5.56 Å². The summed E-state index contributed by atoms with van der Waals surface area (Å²) in [5, 5.41) is 31.8. The first kappa shape index (κ1) is 33.5. The first-order chi connectivity index (χ1) is 20.3. The number of hydrogen-bond acceptors (Lipinski definition) is 6. The summed E-state index contributed by atoms with van der Waals surface area (Å²) in [5.74, 6) is -3.20. The fraction of sp³-hybridized carbons (Fsp3) is 0.553. The molecule has 238 valence electrons. The van der Waals surface area contributed by atoms with E-state index < -0.39 is 45.1 Å². The third kappa shape index (κ3) is 5.39. The van der Waals surface area contributed by atoms with Gasteiger partial charge in [-0.05, 0) is 113 Å². The summed E-state index contributed by atoms with van der Waals surface area (Å²) in [7, 11) is 0. The van der Waals surface area contributed by atoms with Crippen molar-refractivity contribution in [3.8, 4) is 11.5 Å². The Kier molecular flexibility index (Phi) is 8.75. The van der Waals surface area contributed by atoms with Crippen molar-refractivity contribution in [2.45, 2.75) is 99.8 Å². The van der Waals surface area contributed by atoms with E-state index in [1.54, 1.807) is 0 Å². The van der Waals surface area contributed by atoms with Crippen LogP contribution >= 0.6 is 0 Å². The first-order valence-electron chi connectivity index (χ1n) is 15.9. The molecule has 0 saturated heterocycles. The van der Waals surface area contributed by atoms with E-state index in [2.05, 4.69) is 40.0 Å². The van der Waals surface area contributed by atoms with Gasteiger partial charge in [0.1, 0.15) is 11.3 Å². The first-order valence-corrected chi connectivity index (χ1v) is 15.9. The summed E-state index contributed by atoms with van der Waals surface area (Å²) >= 11 is 0. The smallest absolute Gasteiger partial charge is 0.184 e. The molecule has 6 heteroatoms. The molecule has 4 atom stereocenters. The Balaban J connectivity index is 2.03. The van der Waals surface area contributed by atoms with E-state index in [1.807, 2.05) is 27.7 Å². The number of carbonyl (C=O) groups is 3. The number of rotatable bonds is 9. The molecule has 6 nitrogen and oxygen atoms in total. The van der Waals surface area contributed by atoms with Crippen LogP contribution in [0.25, 0.3) is 5.76 Å². The summed E-state index contributed by atoms with van der Waals surface area (Å²) in [6, 6.07) is 3.69. The van der Waals surface area contributed by atoms with E-state index in [0.29, 0.717) is 19.3 Å². The summed E-state index contributed by atoms with van der Waals surface area (Å²) in [6.45, 7) is 22.4. The van der Waals surface area contributed by atoms with Gasteiger partial charge in [0.25, 0.3) is 0 Å². The van der Waals surface area contributed by atoms with Crippen LogP contribution in [0.3, 0.4) is 0 Å².